The molecule has 1 N–H and O–H groups in total. The van der Waals surface area contributed by atoms with E-state index >= 15 is 0 Å². The van der Waals surface area contributed by atoms with Gasteiger partial charge in [-0.15, -0.1) is 0 Å². The van der Waals surface area contributed by atoms with Gasteiger partial charge in [0.2, 0.25) is 0 Å². The quantitative estimate of drug-likeness (QED) is 0.793. The van der Waals surface area contributed by atoms with Crippen LogP contribution in [0, 0.1) is 0 Å². The number of rotatable bonds is 5. The van der Waals surface area contributed by atoms with E-state index in [0.29, 0.717) is 0 Å². The van der Waals surface area contributed by atoms with Crippen LogP contribution in [0.1, 0.15) is 57.1 Å². The van der Waals surface area contributed by atoms with Gasteiger partial charge in [-0.2, -0.15) is 0 Å². The van der Waals surface area contributed by atoms with Crippen LogP contribution < -0.4 is 5.32 Å². The Morgan fingerprint density at radius 2 is 1.85 bits per heavy atom. The number of hydrogen-bond donors (Lipinski definition) is 1. The van der Waals surface area contributed by atoms with Gasteiger partial charge in [-0.05, 0) is 38.4 Å². The lowest BCUT2D eigenvalue weighted by atomic mass is 9.82. The van der Waals surface area contributed by atoms with Crippen molar-refractivity contribution in [2.45, 2.75) is 57.1 Å². The second-order valence-corrected chi connectivity index (χ2v) is 6.06. The standard InChI is InChI=1S/C17H26ClNO/c1-3-20-17(12-8-4-5-9-13-17)16(19-2)14-10-6-7-11-15(14)18/h6-7,10-11,16,19H,3-5,8-9,12-13H2,1-2H3. The SMILES string of the molecule is CCOC1(C(NC)c2ccccc2Cl)CCCCCC1. The molecule has 1 aliphatic rings. The molecule has 1 aromatic rings. The molecule has 3 heteroatoms. The van der Waals surface area contributed by atoms with E-state index in [4.69, 9.17) is 16.3 Å². The summed E-state index contributed by atoms with van der Waals surface area (Å²) in [7, 11) is 2.01. The average Bonchev–Trinajstić information content (AvgIpc) is 2.69. The summed E-state index contributed by atoms with van der Waals surface area (Å²) >= 11 is 6.42. The van der Waals surface area contributed by atoms with Gasteiger partial charge < -0.3 is 10.1 Å². The molecule has 112 valence electrons. The summed E-state index contributed by atoms with van der Waals surface area (Å²) < 4.78 is 6.29. The summed E-state index contributed by atoms with van der Waals surface area (Å²) in [6.45, 7) is 2.84. The molecule has 0 saturated heterocycles. The molecule has 0 bridgehead atoms. The number of ether oxygens (including phenoxy) is 1. The molecular formula is C17H26ClNO. The summed E-state index contributed by atoms with van der Waals surface area (Å²) in [5.74, 6) is 0. The summed E-state index contributed by atoms with van der Waals surface area (Å²) in [6.07, 6.45) is 7.32. The maximum absolute atomic E-state index is 6.42. The second kappa shape index (κ2) is 7.44. The second-order valence-electron chi connectivity index (χ2n) is 5.66. The maximum Gasteiger partial charge on any atom is 0.0876 e. The Morgan fingerprint density at radius 3 is 2.40 bits per heavy atom. The van der Waals surface area contributed by atoms with Crippen molar-refractivity contribution in [3.63, 3.8) is 0 Å². The minimum absolute atomic E-state index is 0.120. The van der Waals surface area contributed by atoms with Crippen molar-refractivity contribution in [2.75, 3.05) is 13.7 Å². The zero-order valence-electron chi connectivity index (χ0n) is 12.6. The highest BCUT2D eigenvalue weighted by atomic mass is 35.5. The third-order valence-electron chi connectivity index (χ3n) is 4.41. The number of likely N-dealkylation sites (N-methyl/N-ethyl adjacent to an activating group) is 1. The summed E-state index contributed by atoms with van der Waals surface area (Å²) in [5, 5.41) is 4.30. The highest BCUT2D eigenvalue weighted by Gasteiger charge is 2.40. The van der Waals surface area contributed by atoms with Crippen LogP contribution >= 0.6 is 11.6 Å². The fraction of sp³-hybridized carbons (Fsp3) is 0.647. The molecule has 2 nitrogen and oxygen atoms in total. The molecule has 0 aliphatic heterocycles. The first kappa shape index (κ1) is 15.8. The van der Waals surface area contributed by atoms with Crippen molar-refractivity contribution in [1.82, 2.24) is 5.32 Å². The number of nitrogens with one attached hydrogen (secondary N) is 1. The van der Waals surface area contributed by atoms with Crippen LogP contribution in [0.3, 0.4) is 0 Å². The molecule has 1 atom stereocenters. The third-order valence-corrected chi connectivity index (χ3v) is 4.76. The van der Waals surface area contributed by atoms with Crippen molar-refractivity contribution in [2.24, 2.45) is 0 Å². The zero-order valence-corrected chi connectivity index (χ0v) is 13.4. The van der Waals surface area contributed by atoms with E-state index in [1.165, 1.54) is 25.7 Å². The molecule has 1 aromatic carbocycles. The Kier molecular flexibility index (Phi) is 5.88. The smallest absolute Gasteiger partial charge is 0.0876 e. The Bertz CT molecular complexity index is 413. The van der Waals surface area contributed by atoms with Crippen molar-refractivity contribution >= 4 is 11.6 Å². The Balaban J connectivity index is 2.36. The average molecular weight is 296 g/mol. The van der Waals surface area contributed by atoms with Crippen molar-refractivity contribution in [3.8, 4) is 0 Å². The molecule has 0 radical (unpaired) electrons. The topological polar surface area (TPSA) is 21.3 Å². The molecule has 0 spiro atoms. The molecule has 0 aromatic heterocycles. The lowest BCUT2D eigenvalue weighted by molar-refractivity contribution is -0.0766. The van der Waals surface area contributed by atoms with Gasteiger partial charge in [0.25, 0.3) is 0 Å². The minimum Gasteiger partial charge on any atom is -0.373 e. The van der Waals surface area contributed by atoms with Gasteiger partial charge in [0.15, 0.2) is 0 Å². The van der Waals surface area contributed by atoms with Crippen LogP contribution in [0.2, 0.25) is 5.02 Å². The van der Waals surface area contributed by atoms with E-state index in [1.54, 1.807) is 0 Å². The molecule has 1 fully saturated rings. The van der Waals surface area contributed by atoms with Crippen LogP contribution in [0.15, 0.2) is 24.3 Å². The summed E-state index contributed by atoms with van der Waals surface area (Å²) in [6, 6.07) is 8.29. The Hall–Kier alpha value is -0.570. The summed E-state index contributed by atoms with van der Waals surface area (Å²) in [5.41, 5.74) is 1.04. The number of benzene rings is 1. The molecule has 0 amide bonds. The van der Waals surface area contributed by atoms with E-state index < -0.39 is 0 Å². The van der Waals surface area contributed by atoms with E-state index in [2.05, 4.69) is 24.4 Å². The lowest BCUT2D eigenvalue weighted by Gasteiger charge is -2.40. The predicted octanol–water partition coefficient (Wildman–Crippen LogP) is 4.73. The van der Waals surface area contributed by atoms with E-state index in [1.807, 2.05) is 19.2 Å². The van der Waals surface area contributed by atoms with Crippen LogP contribution in [0.5, 0.6) is 0 Å². The van der Waals surface area contributed by atoms with Gasteiger partial charge in [0, 0.05) is 11.6 Å². The van der Waals surface area contributed by atoms with Gasteiger partial charge in [-0.25, -0.2) is 0 Å². The van der Waals surface area contributed by atoms with Gasteiger partial charge in [0.1, 0.15) is 0 Å². The molecule has 1 saturated carbocycles. The summed E-state index contributed by atoms with van der Waals surface area (Å²) in [4.78, 5) is 0. The Morgan fingerprint density at radius 1 is 1.20 bits per heavy atom. The van der Waals surface area contributed by atoms with Crippen LogP contribution in [-0.4, -0.2) is 19.3 Å². The fourth-order valence-corrected chi connectivity index (χ4v) is 3.79. The largest absolute Gasteiger partial charge is 0.373 e. The van der Waals surface area contributed by atoms with Gasteiger partial charge in [0.05, 0.1) is 11.6 Å². The van der Waals surface area contributed by atoms with Gasteiger partial charge >= 0.3 is 0 Å². The van der Waals surface area contributed by atoms with Crippen molar-refractivity contribution in [1.29, 1.82) is 0 Å². The maximum atomic E-state index is 6.42. The zero-order chi connectivity index (χ0) is 14.4. The van der Waals surface area contributed by atoms with Crippen LogP contribution in [-0.2, 0) is 4.74 Å². The molecule has 20 heavy (non-hydrogen) atoms. The first-order chi connectivity index (χ1) is 9.73. The minimum atomic E-state index is -0.120. The fourth-order valence-electron chi connectivity index (χ4n) is 3.54. The van der Waals surface area contributed by atoms with Gasteiger partial charge in [-0.1, -0.05) is 55.5 Å². The predicted molar refractivity (Wildman–Crippen MR) is 85.3 cm³/mol. The van der Waals surface area contributed by atoms with E-state index in [0.717, 1.165) is 30.0 Å². The first-order valence-electron chi connectivity index (χ1n) is 7.79. The number of hydrogen-bond acceptors (Lipinski definition) is 2. The van der Waals surface area contributed by atoms with Crippen molar-refractivity contribution in [3.05, 3.63) is 34.9 Å². The van der Waals surface area contributed by atoms with E-state index in [9.17, 15) is 0 Å². The van der Waals surface area contributed by atoms with E-state index in [-0.39, 0.29) is 11.6 Å². The monoisotopic (exact) mass is 295 g/mol. The molecule has 2 rings (SSSR count). The highest BCUT2D eigenvalue weighted by molar-refractivity contribution is 6.31. The van der Waals surface area contributed by atoms with Crippen molar-refractivity contribution < 1.29 is 4.74 Å². The molecule has 1 unspecified atom stereocenters. The van der Waals surface area contributed by atoms with Crippen LogP contribution in [0.25, 0.3) is 0 Å². The van der Waals surface area contributed by atoms with Gasteiger partial charge in [-0.3, -0.25) is 0 Å². The first-order valence-corrected chi connectivity index (χ1v) is 8.17. The lowest BCUT2D eigenvalue weighted by Crippen LogP contribution is -2.45. The normalized spacial score (nSPS) is 20.4. The van der Waals surface area contributed by atoms with Crippen LogP contribution in [0.4, 0.5) is 0 Å². The number of halogens is 1. The Labute approximate surface area is 127 Å². The highest BCUT2D eigenvalue weighted by Crippen LogP contribution is 2.42. The molecular weight excluding hydrogens is 270 g/mol. The molecule has 1 aliphatic carbocycles. The third kappa shape index (κ3) is 3.36. The molecule has 0 heterocycles.